The van der Waals surface area contributed by atoms with Crippen LogP contribution in [0.3, 0.4) is 0 Å². The zero-order valence-corrected chi connectivity index (χ0v) is 25.0. The molecule has 0 spiro atoms. The lowest BCUT2D eigenvalue weighted by molar-refractivity contribution is 0.623. The molecule has 3 nitrogen and oxygen atoms in total. The summed E-state index contributed by atoms with van der Waals surface area (Å²) in [6.07, 6.45) is 0. The molecule has 0 amide bonds. The third-order valence-electron chi connectivity index (χ3n) is 8.50. The van der Waals surface area contributed by atoms with Crippen LogP contribution in [0.5, 0.6) is 0 Å². The molecule has 0 aliphatic heterocycles. The molecule has 0 N–H and O–H groups in total. The van der Waals surface area contributed by atoms with Crippen LogP contribution in [0, 0.1) is 0 Å². The van der Waals surface area contributed by atoms with Gasteiger partial charge in [-0.2, -0.15) is 0 Å². The van der Waals surface area contributed by atoms with Gasteiger partial charge in [-0.25, -0.2) is 4.98 Å². The second-order valence-corrected chi connectivity index (χ2v) is 12.3. The fourth-order valence-electron chi connectivity index (χ4n) is 6.37. The Balaban J connectivity index is 1.14. The maximum atomic E-state index is 6.34. The summed E-state index contributed by atoms with van der Waals surface area (Å²) >= 11 is 1.85. The van der Waals surface area contributed by atoms with Crippen LogP contribution in [0.15, 0.2) is 162 Å². The first-order valence-corrected chi connectivity index (χ1v) is 15.9. The van der Waals surface area contributed by atoms with E-state index in [-0.39, 0.29) is 0 Å². The molecule has 9 rings (SSSR count). The van der Waals surface area contributed by atoms with Gasteiger partial charge in [0, 0.05) is 48.2 Å². The van der Waals surface area contributed by atoms with Crippen LogP contribution >= 0.6 is 11.3 Å². The second-order valence-electron chi connectivity index (χ2n) is 11.2. The summed E-state index contributed by atoms with van der Waals surface area (Å²) in [5, 5.41) is 4.79. The molecule has 0 radical (unpaired) electrons. The van der Waals surface area contributed by atoms with Gasteiger partial charge in [-0.1, -0.05) is 91.0 Å². The van der Waals surface area contributed by atoms with E-state index in [0.717, 1.165) is 55.6 Å². The number of hydrogen-bond acceptors (Lipinski definition) is 4. The summed E-state index contributed by atoms with van der Waals surface area (Å²) in [5.74, 6) is 0.641. The Hall–Kier alpha value is -5.71. The van der Waals surface area contributed by atoms with Crippen LogP contribution in [0.2, 0.25) is 0 Å². The third kappa shape index (κ3) is 4.38. The first kappa shape index (κ1) is 25.8. The maximum Gasteiger partial charge on any atom is 0.227 e. The van der Waals surface area contributed by atoms with E-state index in [2.05, 4.69) is 132 Å². The van der Waals surface area contributed by atoms with Crippen molar-refractivity contribution < 1.29 is 4.42 Å². The number of oxazole rings is 1. The molecule has 9 aromatic rings. The predicted molar refractivity (Wildman–Crippen MR) is 190 cm³/mol. The fraction of sp³-hybridized carbons (Fsp3) is 0. The molecule has 0 saturated carbocycles. The number of aromatic nitrogens is 1. The number of benzene rings is 7. The lowest BCUT2D eigenvalue weighted by Gasteiger charge is -2.26. The molecule has 0 aliphatic carbocycles. The topological polar surface area (TPSA) is 29.3 Å². The SMILES string of the molecule is c1ccc(-c2nc3ccc4c(-c5ccc(N(c6ccccc6)c6ccc7sc8ccccc8c7c6)cc5)cccc4c3o2)cc1. The van der Waals surface area contributed by atoms with Gasteiger partial charge >= 0.3 is 0 Å². The van der Waals surface area contributed by atoms with E-state index in [1.807, 2.05) is 41.7 Å². The molecule has 0 aliphatic rings. The quantitative estimate of drug-likeness (QED) is 0.198. The van der Waals surface area contributed by atoms with Crippen molar-refractivity contribution in [1.82, 2.24) is 4.98 Å². The van der Waals surface area contributed by atoms with Crippen LogP contribution < -0.4 is 4.90 Å². The first-order valence-electron chi connectivity index (χ1n) is 15.0. The second kappa shape index (κ2) is 10.5. The number of anilines is 3. The van der Waals surface area contributed by atoms with Gasteiger partial charge in [-0.05, 0) is 83.2 Å². The van der Waals surface area contributed by atoms with Gasteiger partial charge in [0.2, 0.25) is 5.89 Å². The van der Waals surface area contributed by atoms with Crippen molar-refractivity contribution in [1.29, 1.82) is 0 Å². The fourth-order valence-corrected chi connectivity index (χ4v) is 7.45. The number of hydrogen-bond donors (Lipinski definition) is 0. The Morgan fingerprint density at radius 2 is 1.16 bits per heavy atom. The van der Waals surface area contributed by atoms with Gasteiger partial charge in [0.15, 0.2) is 5.58 Å². The van der Waals surface area contributed by atoms with Crippen LogP contribution in [0.25, 0.3) is 64.6 Å². The zero-order valence-electron chi connectivity index (χ0n) is 24.2. The van der Waals surface area contributed by atoms with Gasteiger partial charge in [-0.3, -0.25) is 0 Å². The zero-order chi connectivity index (χ0) is 29.7. The highest BCUT2D eigenvalue weighted by Crippen LogP contribution is 2.41. The predicted octanol–water partition coefficient (Wildman–Crippen LogP) is 12.2. The molecule has 0 saturated heterocycles. The molecule has 0 atom stereocenters. The van der Waals surface area contributed by atoms with Gasteiger partial charge in [0.25, 0.3) is 0 Å². The molecular formula is C41H26N2OS. The van der Waals surface area contributed by atoms with Crippen LogP contribution in [-0.4, -0.2) is 4.98 Å². The van der Waals surface area contributed by atoms with E-state index in [0.29, 0.717) is 5.89 Å². The minimum Gasteiger partial charge on any atom is -0.435 e. The highest BCUT2D eigenvalue weighted by Gasteiger charge is 2.16. The minimum atomic E-state index is 0.641. The van der Waals surface area contributed by atoms with E-state index >= 15 is 0 Å². The number of nitrogens with zero attached hydrogens (tertiary/aromatic N) is 2. The molecule has 212 valence electrons. The van der Waals surface area contributed by atoms with Gasteiger partial charge in [0.1, 0.15) is 5.52 Å². The average Bonchev–Trinajstić information content (AvgIpc) is 3.72. The van der Waals surface area contributed by atoms with E-state index in [4.69, 9.17) is 9.40 Å². The highest BCUT2D eigenvalue weighted by molar-refractivity contribution is 7.25. The van der Waals surface area contributed by atoms with Crippen molar-refractivity contribution in [3.8, 4) is 22.6 Å². The summed E-state index contributed by atoms with van der Waals surface area (Å²) in [7, 11) is 0. The summed E-state index contributed by atoms with van der Waals surface area (Å²) in [6, 6.07) is 55.6. The van der Waals surface area contributed by atoms with Gasteiger partial charge in [-0.15, -0.1) is 11.3 Å². The van der Waals surface area contributed by atoms with Crippen molar-refractivity contribution in [2.45, 2.75) is 0 Å². The Morgan fingerprint density at radius 3 is 2.00 bits per heavy atom. The third-order valence-corrected chi connectivity index (χ3v) is 9.65. The molecule has 2 heterocycles. The molecular weight excluding hydrogens is 569 g/mol. The van der Waals surface area contributed by atoms with Gasteiger partial charge < -0.3 is 9.32 Å². The first-order chi connectivity index (χ1) is 22.3. The van der Waals surface area contributed by atoms with Crippen molar-refractivity contribution in [2.24, 2.45) is 0 Å². The van der Waals surface area contributed by atoms with Crippen LogP contribution in [-0.2, 0) is 0 Å². The summed E-state index contributed by atoms with van der Waals surface area (Å²) in [5.41, 5.74) is 8.33. The molecule has 7 aromatic carbocycles. The number of para-hydroxylation sites is 1. The number of fused-ring (bicyclic) bond motifs is 6. The molecule has 45 heavy (non-hydrogen) atoms. The molecule has 0 bridgehead atoms. The van der Waals surface area contributed by atoms with Crippen LogP contribution in [0.4, 0.5) is 17.1 Å². The van der Waals surface area contributed by atoms with E-state index in [1.165, 1.54) is 20.2 Å². The maximum absolute atomic E-state index is 6.34. The summed E-state index contributed by atoms with van der Waals surface area (Å²) in [4.78, 5) is 7.12. The lowest BCUT2D eigenvalue weighted by Crippen LogP contribution is -2.09. The number of thiophene rings is 1. The van der Waals surface area contributed by atoms with E-state index in [9.17, 15) is 0 Å². The standard InChI is InChI=1S/C41H26N2OS/c1-3-10-28(11-4-1)41-42-37-24-23-33-32(15-9-16-35(33)40(37)44-41)27-18-20-30(21-19-27)43(29-12-5-2-6-13-29)31-22-25-39-36(26-31)34-14-7-8-17-38(34)45-39/h1-26H. The molecule has 4 heteroatoms. The highest BCUT2D eigenvalue weighted by atomic mass is 32.1. The van der Waals surface area contributed by atoms with Gasteiger partial charge in [0.05, 0.1) is 0 Å². The van der Waals surface area contributed by atoms with E-state index in [1.54, 1.807) is 0 Å². The van der Waals surface area contributed by atoms with Crippen molar-refractivity contribution in [3.63, 3.8) is 0 Å². The Bertz CT molecular complexity index is 2480. The molecule has 0 fully saturated rings. The van der Waals surface area contributed by atoms with Crippen molar-refractivity contribution in [2.75, 3.05) is 4.90 Å². The Morgan fingerprint density at radius 1 is 0.467 bits per heavy atom. The normalized spacial score (nSPS) is 11.6. The largest absolute Gasteiger partial charge is 0.435 e. The van der Waals surface area contributed by atoms with E-state index < -0.39 is 0 Å². The summed E-state index contributed by atoms with van der Waals surface area (Å²) in [6.45, 7) is 0. The summed E-state index contributed by atoms with van der Waals surface area (Å²) < 4.78 is 8.96. The van der Waals surface area contributed by atoms with Crippen molar-refractivity contribution >= 4 is 70.4 Å². The number of rotatable bonds is 5. The molecule has 0 unspecified atom stereocenters. The Labute approximate surface area is 264 Å². The monoisotopic (exact) mass is 594 g/mol. The van der Waals surface area contributed by atoms with Crippen LogP contribution in [0.1, 0.15) is 0 Å². The Kier molecular flexibility index (Phi) is 6.00. The minimum absolute atomic E-state index is 0.641. The molecule has 2 aromatic heterocycles. The van der Waals surface area contributed by atoms with Crippen molar-refractivity contribution in [3.05, 3.63) is 158 Å². The smallest absolute Gasteiger partial charge is 0.227 e. The average molecular weight is 595 g/mol. The lowest BCUT2D eigenvalue weighted by atomic mass is 9.97.